The summed E-state index contributed by atoms with van der Waals surface area (Å²) in [6, 6.07) is 0. The SMILES string of the molecule is CC/C=C\C/C=C\C/C=C\C/C=C\C/C=C\CCCCCCCCCCCCCCCCCCCC(=O)OCC(COC(=O)CCCCCCCCCC)OC(=O)CCCCCCCCCCCCCCCCCCCCCCCCCC. The number of rotatable bonds is 68. The maximum atomic E-state index is 12.9. The van der Waals surface area contributed by atoms with E-state index in [4.69, 9.17) is 14.2 Å². The summed E-state index contributed by atoms with van der Waals surface area (Å²) in [6.07, 6.45) is 92.9. The zero-order valence-electron chi connectivity index (χ0n) is 55.7. The second kappa shape index (κ2) is 71.6. The van der Waals surface area contributed by atoms with Crippen molar-refractivity contribution >= 4 is 17.9 Å². The van der Waals surface area contributed by atoms with Crippen molar-refractivity contribution in [3.63, 3.8) is 0 Å². The van der Waals surface area contributed by atoms with E-state index in [2.05, 4.69) is 81.5 Å². The molecule has 0 saturated heterocycles. The highest BCUT2D eigenvalue weighted by molar-refractivity contribution is 5.71. The standard InChI is InChI=1S/C77H140O6/c1-4-7-10-13-16-19-21-23-25-27-29-31-33-35-36-37-38-39-40-41-42-43-45-46-48-50-52-54-56-58-61-64-67-70-76(79)82-73-74(72-81-75(78)69-66-63-60-18-15-12-9-6-3)83-77(80)71-68-65-62-59-57-55-53-51-49-47-44-34-32-30-28-26-24-22-20-17-14-11-8-5-2/h7,10,16,19,23,25,29,31,35-36,74H,4-6,8-9,11-15,17-18,20-22,24,26-28,30,32-34,37-73H2,1-3H3/b10-7-,19-16-,25-23-,31-29-,36-35-. The fourth-order valence-corrected chi connectivity index (χ4v) is 11.1. The molecule has 0 heterocycles. The fourth-order valence-electron chi connectivity index (χ4n) is 11.1. The number of hydrogen-bond acceptors (Lipinski definition) is 6. The van der Waals surface area contributed by atoms with Gasteiger partial charge in [0.2, 0.25) is 0 Å². The number of carbonyl (C=O) groups excluding carboxylic acids is 3. The molecule has 0 rings (SSSR count). The normalized spacial score (nSPS) is 12.4. The number of carbonyl (C=O) groups is 3. The van der Waals surface area contributed by atoms with Crippen LogP contribution in [0.3, 0.4) is 0 Å². The highest BCUT2D eigenvalue weighted by Crippen LogP contribution is 2.19. The molecule has 0 spiro atoms. The van der Waals surface area contributed by atoms with Gasteiger partial charge in [-0.25, -0.2) is 0 Å². The summed E-state index contributed by atoms with van der Waals surface area (Å²) in [7, 11) is 0. The summed E-state index contributed by atoms with van der Waals surface area (Å²) in [4.78, 5) is 38.3. The molecule has 0 aliphatic carbocycles. The summed E-state index contributed by atoms with van der Waals surface area (Å²) in [6.45, 7) is 6.57. The third-order valence-corrected chi connectivity index (χ3v) is 16.5. The largest absolute Gasteiger partial charge is 0.462 e. The van der Waals surface area contributed by atoms with Crippen LogP contribution in [0.25, 0.3) is 0 Å². The van der Waals surface area contributed by atoms with E-state index in [0.717, 1.165) is 89.9 Å². The lowest BCUT2D eigenvalue weighted by Gasteiger charge is -2.18. The van der Waals surface area contributed by atoms with Crippen LogP contribution < -0.4 is 0 Å². The maximum Gasteiger partial charge on any atom is 0.306 e. The first-order valence-corrected chi connectivity index (χ1v) is 36.8. The van der Waals surface area contributed by atoms with Gasteiger partial charge in [0, 0.05) is 19.3 Å². The molecule has 0 aliphatic rings. The molecule has 6 heteroatoms. The number of ether oxygens (including phenoxy) is 3. The van der Waals surface area contributed by atoms with Crippen molar-refractivity contribution in [1.29, 1.82) is 0 Å². The lowest BCUT2D eigenvalue weighted by atomic mass is 10.0. The van der Waals surface area contributed by atoms with Crippen LogP contribution in [0.4, 0.5) is 0 Å². The van der Waals surface area contributed by atoms with Gasteiger partial charge in [-0.3, -0.25) is 14.4 Å². The van der Waals surface area contributed by atoms with Gasteiger partial charge in [-0.1, -0.05) is 370 Å². The van der Waals surface area contributed by atoms with Crippen LogP contribution in [0.5, 0.6) is 0 Å². The quantitative estimate of drug-likeness (QED) is 0.0261. The lowest BCUT2D eigenvalue weighted by molar-refractivity contribution is -0.167. The summed E-state index contributed by atoms with van der Waals surface area (Å²) >= 11 is 0. The second-order valence-corrected chi connectivity index (χ2v) is 24.8. The molecule has 0 bridgehead atoms. The average molecular weight is 1160 g/mol. The molecular formula is C77H140O6. The Morgan fingerprint density at radius 3 is 0.735 bits per heavy atom. The van der Waals surface area contributed by atoms with E-state index in [1.54, 1.807) is 0 Å². The van der Waals surface area contributed by atoms with Gasteiger partial charge in [-0.05, 0) is 64.2 Å². The molecule has 484 valence electrons. The lowest BCUT2D eigenvalue weighted by Crippen LogP contribution is -2.30. The van der Waals surface area contributed by atoms with Crippen LogP contribution in [0.2, 0.25) is 0 Å². The van der Waals surface area contributed by atoms with Crippen molar-refractivity contribution in [2.24, 2.45) is 0 Å². The van der Waals surface area contributed by atoms with Crippen molar-refractivity contribution in [2.45, 2.75) is 399 Å². The predicted molar refractivity (Wildman–Crippen MR) is 362 cm³/mol. The molecule has 0 aromatic heterocycles. The molecule has 0 aromatic carbocycles. The van der Waals surface area contributed by atoms with E-state index < -0.39 is 6.10 Å². The molecule has 0 fully saturated rings. The first kappa shape index (κ1) is 80.1. The van der Waals surface area contributed by atoms with Crippen LogP contribution in [-0.2, 0) is 28.6 Å². The molecule has 6 nitrogen and oxygen atoms in total. The van der Waals surface area contributed by atoms with Crippen LogP contribution >= 0.6 is 0 Å². The number of allylic oxidation sites excluding steroid dienone is 10. The number of unbranched alkanes of at least 4 members (excludes halogenated alkanes) is 47. The monoisotopic (exact) mass is 1160 g/mol. The molecule has 0 N–H and O–H groups in total. The Hall–Kier alpha value is -2.89. The van der Waals surface area contributed by atoms with Crippen LogP contribution in [-0.4, -0.2) is 37.2 Å². The van der Waals surface area contributed by atoms with Crippen LogP contribution in [0.1, 0.15) is 393 Å². The van der Waals surface area contributed by atoms with Gasteiger partial charge < -0.3 is 14.2 Å². The molecule has 1 atom stereocenters. The van der Waals surface area contributed by atoms with Gasteiger partial charge in [0.1, 0.15) is 13.2 Å². The Morgan fingerprint density at radius 1 is 0.253 bits per heavy atom. The van der Waals surface area contributed by atoms with Gasteiger partial charge in [0.15, 0.2) is 6.10 Å². The maximum absolute atomic E-state index is 12.9. The van der Waals surface area contributed by atoms with Gasteiger partial charge in [0.05, 0.1) is 0 Å². The summed E-state index contributed by atoms with van der Waals surface area (Å²) in [5.74, 6) is -0.843. The minimum absolute atomic E-state index is 0.0668. The minimum Gasteiger partial charge on any atom is -0.462 e. The molecule has 0 radical (unpaired) electrons. The Morgan fingerprint density at radius 2 is 0.470 bits per heavy atom. The van der Waals surface area contributed by atoms with Gasteiger partial charge in [0.25, 0.3) is 0 Å². The van der Waals surface area contributed by atoms with Crippen molar-refractivity contribution in [3.8, 4) is 0 Å². The molecule has 1 unspecified atom stereocenters. The first-order valence-electron chi connectivity index (χ1n) is 36.8. The fraction of sp³-hybridized carbons (Fsp3) is 0.831. The zero-order valence-corrected chi connectivity index (χ0v) is 55.7. The Balaban J connectivity index is 4.03. The van der Waals surface area contributed by atoms with Crippen molar-refractivity contribution in [3.05, 3.63) is 60.8 Å². The topological polar surface area (TPSA) is 78.9 Å². The van der Waals surface area contributed by atoms with Crippen molar-refractivity contribution in [2.75, 3.05) is 13.2 Å². The van der Waals surface area contributed by atoms with E-state index in [9.17, 15) is 14.4 Å². The van der Waals surface area contributed by atoms with Crippen molar-refractivity contribution in [1.82, 2.24) is 0 Å². The zero-order chi connectivity index (χ0) is 59.9. The Kier molecular flexibility index (Phi) is 69.1. The molecule has 0 aliphatic heterocycles. The van der Waals surface area contributed by atoms with E-state index in [1.165, 1.54) is 263 Å². The summed E-state index contributed by atoms with van der Waals surface area (Å²) in [5.41, 5.74) is 0. The molecular weight excluding hydrogens is 1020 g/mol. The van der Waals surface area contributed by atoms with E-state index in [-0.39, 0.29) is 31.1 Å². The highest BCUT2D eigenvalue weighted by atomic mass is 16.6. The number of hydrogen-bond donors (Lipinski definition) is 0. The van der Waals surface area contributed by atoms with Crippen LogP contribution in [0.15, 0.2) is 60.8 Å². The molecule has 0 saturated carbocycles. The number of esters is 3. The smallest absolute Gasteiger partial charge is 0.306 e. The van der Waals surface area contributed by atoms with Crippen LogP contribution in [0, 0.1) is 0 Å². The highest BCUT2D eigenvalue weighted by Gasteiger charge is 2.19. The Bertz CT molecular complexity index is 1470. The molecule has 0 aromatic rings. The average Bonchev–Trinajstić information content (AvgIpc) is 3.49. The Labute approximate surface area is 517 Å². The van der Waals surface area contributed by atoms with Gasteiger partial charge in [-0.15, -0.1) is 0 Å². The summed E-state index contributed by atoms with van der Waals surface area (Å²) < 4.78 is 16.9. The third kappa shape index (κ3) is 69.8. The van der Waals surface area contributed by atoms with Gasteiger partial charge in [-0.2, -0.15) is 0 Å². The summed E-state index contributed by atoms with van der Waals surface area (Å²) in [5, 5.41) is 0. The second-order valence-electron chi connectivity index (χ2n) is 24.8. The van der Waals surface area contributed by atoms with E-state index in [0.29, 0.717) is 19.3 Å². The van der Waals surface area contributed by atoms with E-state index in [1.807, 2.05) is 0 Å². The molecule has 0 amide bonds. The first-order chi connectivity index (χ1) is 41.0. The predicted octanol–water partition coefficient (Wildman–Crippen LogP) is 25.5. The van der Waals surface area contributed by atoms with Gasteiger partial charge >= 0.3 is 17.9 Å². The third-order valence-electron chi connectivity index (χ3n) is 16.5. The van der Waals surface area contributed by atoms with Crippen molar-refractivity contribution < 1.29 is 28.6 Å². The minimum atomic E-state index is -0.768. The van der Waals surface area contributed by atoms with E-state index >= 15 is 0 Å². The molecule has 83 heavy (non-hydrogen) atoms.